The third-order valence-corrected chi connectivity index (χ3v) is 15.3. The highest BCUT2D eigenvalue weighted by Gasteiger charge is 2.61. The molecule has 0 radical (unpaired) electrons. The van der Waals surface area contributed by atoms with E-state index >= 15 is 0 Å². The first-order chi connectivity index (χ1) is 26.7. The van der Waals surface area contributed by atoms with E-state index in [1.54, 1.807) is 11.1 Å². The Morgan fingerprint density at radius 2 is 0.964 bits per heavy atom. The summed E-state index contributed by atoms with van der Waals surface area (Å²) >= 11 is 0. The number of nitrogens with zero attached hydrogens (tertiary/aromatic N) is 1. The summed E-state index contributed by atoms with van der Waals surface area (Å²) in [5.41, 5.74) is 18.4. The molecule has 12 rings (SSSR count). The molecule has 274 valence electrons. The Balaban J connectivity index is 1.08. The molecule has 0 N–H and O–H groups in total. The lowest BCUT2D eigenvalue weighted by Crippen LogP contribution is -2.55. The Labute approximate surface area is 328 Å². The molecule has 6 aromatic carbocycles. The van der Waals surface area contributed by atoms with Gasteiger partial charge in [0.2, 0.25) is 0 Å². The van der Waals surface area contributed by atoms with Crippen LogP contribution in [0.3, 0.4) is 0 Å². The first-order valence-electron chi connectivity index (χ1n) is 21.2. The number of rotatable bonds is 5. The van der Waals surface area contributed by atoms with Crippen LogP contribution in [-0.2, 0) is 16.2 Å². The smallest absolute Gasteiger partial charge is 0.0502 e. The maximum Gasteiger partial charge on any atom is 0.0502 e. The third kappa shape index (κ3) is 4.97. The fraction of sp³-hybridized carbons (Fsp3) is 0.333. The van der Waals surface area contributed by atoms with Gasteiger partial charge in [-0.3, -0.25) is 0 Å². The quantitative estimate of drug-likeness (QED) is 0.172. The van der Waals surface area contributed by atoms with Gasteiger partial charge in [-0.15, -0.1) is 0 Å². The zero-order valence-electron chi connectivity index (χ0n) is 33.0. The molecule has 0 atom stereocenters. The Bertz CT molecular complexity index is 2400. The molecule has 4 saturated carbocycles. The highest BCUT2D eigenvalue weighted by atomic mass is 15.1. The zero-order valence-corrected chi connectivity index (χ0v) is 33.0. The summed E-state index contributed by atoms with van der Waals surface area (Å²) < 4.78 is 0. The van der Waals surface area contributed by atoms with Crippen molar-refractivity contribution in [3.8, 4) is 33.4 Å². The summed E-state index contributed by atoms with van der Waals surface area (Å²) in [6.07, 6.45) is 9.47. The van der Waals surface area contributed by atoms with Crippen LogP contribution in [0.25, 0.3) is 33.4 Å². The van der Waals surface area contributed by atoms with Crippen LogP contribution in [0.1, 0.15) is 94.9 Å². The van der Waals surface area contributed by atoms with Crippen molar-refractivity contribution in [3.63, 3.8) is 0 Å². The van der Waals surface area contributed by atoms with Crippen LogP contribution in [0.4, 0.5) is 17.1 Å². The van der Waals surface area contributed by atoms with Crippen LogP contribution in [0.2, 0.25) is 0 Å². The predicted octanol–water partition coefficient (Wildman–Crippen LogP) is 14.6. The summed E-state index contributed by atoms with van der Waals surface area (Å²) in [7, 11) is 0. The van der Waals surface area contributed by atoms with Gasteiger partial charge in [0, 0.05) is 16.8 Å². The number of fused-ring (bicyclic) bond motifs is 4. The fourth-order valence-corrected chi connectivity index (χ4v) is 12.9. The summed E-state index contributed by atoms with van der Waals surface area (Å²) in [5, 5.41) is 0. The monoisotopic (exact) mass is 715 g/mol. The average Bonchev–Trinajstić information content (AvgIpc) is 3.49. The van der Waals surface area contributed by atoms with E-state index in [-0.39, 0.29) is 16.2 Å². The first kappa shape index (κ1) is 33.5. The molecular formula is C54H53N. The summed E-state index contributed by atoms with van der Waals surface area (Å²) in [6.45, 7) is 9.87. The second kappa shape index (κ2) is 12.1. The minimum Gasteiger partial charge on any atom is -0.310 e. The molecule has 4 bridgehead atoms. The average molecular weight is 716 g/mol. The highest BCUT2D eigenvalue weighted by molar-refractivity contribution is 5.88. The van der Waals surface area contributed by atoms with Gasteiger partial charge >= 0.3 is 0 Å². The van der Waals surface area contributed by atoms with Crippen LogP contribution in [-0.4, -0.2) is 0 Å². The van der Waals surface area contributed by atoms with Crippen LogP contribution in [0, 0.1) is 23.7 Å². The van der Waals surface area contributed by atoms with E-state index < -0.39 is 0 Å². The molecule has 1 heteroatoms. The van der Waals surface area contributed by atoms with Gasteiger partial charge in [0.25, 0.3) is 0 Å². The molecule has 0 aromatic heterocycles. The van der Waals surface area contributed by atoms with Gasteiger partial charge < -0.3 is 4.90 Å². The van der Waals surface area contributed by atoms with E-state index in [4.69, 9.17) is 0 Å². The molecule has 6 aliphatic rings. The number of hydrogen-bond acceptors (Lipinski definition) is 1. The second-order valence-electron chi connectivity index (χ2n) is 19.2. The van der Waals surface area contributed by atoms with Crippen LogP contribution >= 0.6 is 0 Å². The SMILES string of the molecule is CC1(C)CCC(C)(C)c2c(N(c3ccc(-c4ccc(-c5ccccc5)cc4)cc3)c3ccc4c(c3)C3(c5ccccc5-4)C4CC5CC(C4)CC3C5)cccc21. The molecule has 0 saturated heterocycles. The fourth-order valence-electron chi connectivity index (χ4n) is 12.9. The van der Waals surface area contributed by atoms with Crippen LogP contribution < -0.4 is 4.90 Å². The van der Waals surface area contributed by atoms with Gasteiger partial charge in [-0.1, -0.05) is 137 Å². The summed E-state index contributed by atoms with van der Waals surface area (Å²) in [5.74, 6) is 3.34. The molecule has 0 amide bonds. The van der Waals surface area contributed by atoms with E-state index in [1.807, 2.05) is 0 Å². The van der Waals surface area contributed by atoms with E-state index in [2.05, 4.69) is 172 Å². The number of anilines is 3. The lowest BCUT2D eigenvalue weighted by molar-refractivity contribution is -0.0399. The molecule has 6 aromatic rings. The Morgan fingerprint density at radius 3 is 1.64 bits per heavy atom. The van der Waals surface area contributed by atoms with Crippen molar-refractivity contribution < 1.29 is 0 Å². The van der Waals surface area contributed by atoms with E-state index in [9.17, 15) is 0 Å². The molecule has 4 fully saturated rings. The Morgan fingerprint density at radius 1 is 0.436 bits per heavy atom. The van der Waals surface area contributed by atoms with Crippen molar-refractivity contribution in [2.24, 2.45) is 23.7 Å². The largest absolute Gasteiger partial charge is 0.310 e. The maximum absolute atomic E-state index is 2.67. The third-order valence-electron chi connectivity index (χ3n) is 15.3. The molecule has 1 spiro atoms. The molecule has 0 unspecified atom stereocenters. The topological polar surface area (TPSA) is 3.24 Å². The van der Waals surface area contributed by atoms with Gasteiger partial charge in [-0.2, -0.15) is 0 Å². The Hall–Kier alpha value is -4.88. The molecule has 0 aliphatic heterocycles. The van der Waals surface area contributed by atoms with Crippen molar-refractivity contribution in [1.29, 1.82) is 0 Å². The van der Waals surface area contributed by atoms with E-state index in [0.29, 0.717) is 0 Å². The highest BCUT2D eigenvalue weighted by Crippen LogP contribution is 2.69. The predicted molar refractivity (Wildman–Crippen MR) is 231 cm³/mol. The number of benzene rings is 6. The zero-order chi connectivity index (χ0) is 37.1. The normalized spacial score (nSPS) is 26.0. The van der Waals surface area contributed by atoms with Gasteiger partial charge in [0.15, 0.2) is 0 Å². The van der Waals surface area contributed by atoms with Crippen molar-refractivity contribution in [2.45, 2.75) is 88.9 Å². The lowest BCUT2D eigenvalue weighted by atomic mass is 9.43. The molecule has 6 aliphatic carbocycles. The van der Waals surface area contributed by atoms with Crippen molar-refractivity contribution in [1.82, 2.24) is 0 Å². The molecule has 1 nitrogen and oxygen atoms in total. The van der Waals surface area contributed by atoms with Crippen molar-refractivity contribution in [2.75, 3.05) is 4.90 Å². The molecule has 0 heterocycles. The van der Waals surface area contributed by atoms with Crippen molar-refractivity contribution in [3.05, 3.63) is 162 Å². The van der Waals surface area contributed by atoms with Gasteiger partial charge in [0.1, 0.15) is 0 Å². The summed E-state index contributed by atoms with van der Waals surface area (Å²) in [4.78, 5) is 2.64. The summed E-state index contributed by atoms with van der Waals surface area (Å²) in [6, 6.07) is 53.5. The maximum atomic E-state index is 2.67. The van der Waals surface area contributed by atoms with Gasteiger partial charge in [-0.25, -0.2) is 0 Å². The minimum absolute atomic E-state index is 0.0652. The van der Waals surface area contributed by atoms with Crippen molar-refractivity contribution >= 4 is 17.1 Å². The van der Waals surface area contributed by atoms with E-state index in [1.165, 1.54) is 107 Å². The van der Waals surface area contributed by atoms with Gasteiger partial charge in [0.05, 0.1) is 5.69 Å². The molecule has 55 heavy (non-hydrogen) atoms. The van der Waals surface area contributed by atoms with E-state index in [0.717, 1.165) is 23.7 Å². The first-order valence-corrected chi connectivity index (χ1v) is 21.2. The minimum atomic E-state index is 0.0652. The van der Waals surface area contributed by atoms with Crippen LogP contribution in [0.15, 0.2) is 140 Å². The number of hydrogen-bond donors (Lipinski definition) is 0. The standard InChI is InChI=1S/C54H53N/c1-52(2)27-28-53(3,4)51-48(52)15-10-16-50(51)55(43-23-21-40(22-24-43)39-19-17-38(18-20-39)37-11-6-5-7-12-37)44-25-26-46-45-13-8-9-14-47(45)54(49(46)34-44)41-30-35-29-36(32-41)33-42(54)31-35/h5-26,34-36,41-42H,27-33H2,1-4H3. The Kier molecular flexibility index (Phi) is 7.34. The molecular weight excluding hydrogens is 663 g/mol. The second-order valence-corrected chi connectivity index (χ2v) is 19.2. The van der Waals surface area contributed by atoms with Gasteiger partial charge in [-0.05, 0) is 165 Å². The van der Waals surface area contributed by atoms with Crippen LogP contribution in [0.5, 0.6) is 0 Å². The lowest BCUT2D eigenvalue weighted by Gasteiger charge is -2.61.